The average Bonchev–Trinajstić information content (AvgIpc) is 3.41. The number of aromatic nitrogens is 2. The van der Waals surface area contributed by atoms with Gasteiger partial charge < -0.3 is 24.3 Å². The van der Waals surface area contributed by atoms with Crippen LogP contribution in [0.25, 0.3) is 16.8 Å². The molecule has 0 fully saturated rings. The Hall–Kier alpha value is -4.46. The van der Waals surface area contributed by atoms with Crippen LogP contribution in [0.15, 0.2) is 73.2 Å². The van der Waals surface area contributed by atoms with E-state index in [-0.39, 0.29) is 5.91 Å². The molecule has 8 heteroatoms. The van der Waals surface area contributed by atoms with Crippen molar-refractivity contribution in [1.82, 2.24) is 14.9 Å². The second-order valence-corrected chi connectivity index (χ2v) is 7.63. The van der Waals surface area contributed by atoms with Crippen LogP contribution in [-0.2, 0) is 6.54 Å². The molecule has 180 valence electrons. The molecule has 0 saturated carbocycles. The molecule has 1 N–H and O–H groups in total. The number of imidazole rings is 1. The van der Waals surface area contributed by atoms with E-state index in [9.17, 15) is 4.79 Å². The lowest BCUT2D eigenvalue weighted by Gasteiger charge is -2.13. The third-order valence-electron chi connectivity index (χ3n) is 5.65. The molecule has 1 heterocycles. The molecule has 0 radical (unpaired) electrons. The fourth-order valence-corrected chi connectivity index (χ4v) is 3.78. The third kappa shape index (κ3) is 5.06. The molecule has 0 aliphatic rings. The molecule has 0 saturated heterocycles. The monoisotopic (exact) mass is 473 g/mol. The number of hydrogen-bond acceptors (Lipinski definition) is 6. The zero-order valence-corrected chi connectivity index (χ0v) is 20.1. The molecule has 0 unspecified atom stereocenters. The molecular weight excluding hydrogens is 446 g/mol. The minimum atomic E-state index is -0.253. The van der Waals surface area contributed by atoms with Crippen molar-refractivity contribution in [3.8, 4) is 39.8 Å². The molecule has 3 aromatic carbocycles. The van der Waals surface area contributed by atoms with E-state index < -0.39 is 0 Å². The smallest absolute Gasteiger partial charge is 0.270 e. The van der Waals surface area contributed by atoms with Gasteiger partial charge in [0.25, 0.3) is 5.91 Å². The molecule has 35 heavy (non-hydrogen) atoms. The van der Waals surface area contributed by atoms with Gasteiger partial charge >= 0.3 is 0 Å². The van der Waals surface area contributed by atoms with Gasteiger partial charge in [-0.05, 0) is 47.5 Å². The zero-order valence-electron chi connectivity index (χ0n) is 20.1. The number of nitrogens with one attached hydrogen (secondary N) is 1. The molecule has 1 aromatic heterocycles. The van der Waals surface area contributed by atoms with Crippen LogP contribution in [0, 0.1) is 0 Å². The molecule has 0 aliphatic carbocycles. The number of carbonyl (C=O) groups excluding carboxylic acids is 1. The Bertz CT molecular complexity index is 1330. The Morgan fingerprint density at radius 1 is 0.829 bits per heavy atom. The van der Waals surface area contributed by atoms with Crippen LogP contribution in [0.2, 0.25) is 0 Å². The van der Waals surface area contributed by atoms with Crippen molar-refractivity contribution < 1.29 is 23.7 Å². The molecule has 4 rings (SSSR count). The van der Waals surface area contributed by atoms with Crippen molar-refractivity contribution in [2.75, 3.05) is 28.4 Å². The van der Waals surface area contributed by atoms with Crippen LogP contribution >= 0.6 is 0 Å². The van der Waals surface area contributed by atoms with Gasteiger partial charge in [0.2, 0.25) is 0 Å². The van der Waals surface area contributed by atoms with Crippen LogP contribution in [-0.4, -0.2) is 43.9 Å². The second kappa shape index (κ2) is 10.6. The Morgan fingerprint density at radius 2 is 1.60 bits per heavy atom. The van der Waals surface area contributed by atoms with Crippen molar-refractivity contribution in [3.63, 3.8) is 0 Å². The van der Waals surface area contributed by atoms with Gasteiger partial charge in [0, 0.05) is 23.9 Å². The molecular formula is C27H27N3O5. The lowest BCUT2D eigenvalue weighted by atomic mass is 10.0. The average molecular weight is 474 g/mol. The van der Waals surface area contributed by atoms with Crippen molar-refractivity contribution in [2.45, 2.75) is 6.54 Å². The van der Waals surface area contributed by atoms with Gasteiger partial charge in [-0.2, -0.15) is 0 Å². The normalized spacial score (nSPS) is 10.5. The van der Waals surface area contributed by atoms with Gasteiger partial charge in [-0.25, -0.2) is 4.98 Å². The predicted molar refractivity (Wildman–Crippen MR) is 133 cm³/mol. The van der Waals surface area contributed by atoms with Gasteiger partial charge in [0.05, 0.1) is 41.0 Å². The molecule has 0 aliphatic heterocycles. The Morgan fingerprint density at radius 3 is 2.34 bits per heavy atom. The maximum Gasteiger partial charge on any atom is 0.270 e. The van der Waals surface area contributed by atoms with Crippen molar-refractivity contribution >= 4 is 5.91 Å². The highest BCUT2D eigenvalue weighted by molar-refractivity contribution is 5.93. The summed E-state index contributed by atoms with van der Waals surface area (Å²) >= 11 is 0. The van der Waals surface area contributed by atoms with E-state index in [1.807, 2.05) is 54.6 Å². The van der Waals surface area contributed by atoms with E-state index >= 15 is 0 Å². The number of amides is 1. The summed E-state index contributed by atoms with van der Waals surface area (Å²) in [5.74, 6) is 2.38. The fraction of sp³-hybridized carbons (Fsp3) is 0.185. The van der Waals surface area contributed by atoms with Crippen molar-refractivity contribution in [3.05, 3.63) is 84.4 Å². The van der Waals surface area contributed by atoms with E-state index in [2.05, 4.69) is 10.3 Å². The highest BCUT2D eigenvalue weighted by Crippen LogP contribution is 2.33. The summed E-state index contributed by atoms with van der Waals surface area (Å²) in [6.07, 6.45) is 3.17. The number of hydrogen-bond donors (Lipinski definition) is 1. The van der Waals surface area contributed by atoms with Crippen molar-refractivity contribution in [1.29, 1.82) is 0 Å². The molecule has 0 bridgehead atoms. The third-order valence-corrected chi connectivity index (χ3v) is 5.65. The van der Waals surface area contributed by atoms with Crippen LogP contribution in [0.1, 0.15) is 16.1 Å². The maximum atomic E-state index is 13.0. The van der Waals surface area contributed by atoms with E-state index in [1.54, 1.807) is 51.6 Å². The Kier molecular flexibility index (Phi) is 7.21. The Balaban J connectivity index is 1.56. The van der Waals surface area contributed by atoms with Gasteiger partial charge in [-0.3, -0.25) is 9.36 Å². The molecule has 0 spiro atoms. The van der Waals surface area contributed by atoms with Gasteiger partial charge in [-0.15, -0.1) is 0 Å². The molecule has 8 nitrogen and oxygen atoms in total. The first kappa shape index (κ1) is 23.7. The van der Waals surface area contributed by atoms with Gasteiger partial charge in [-0.1, -0.05) is 18.2 Å². The van der Waals surface area contributed by atoms with E-state index in [4.69, 9.17) is 18.9 Å². The first-order valence-corrected chi connectivity index (χ1v) is 10.9. The predicted octanol–water partition coefficient (Wildman–Crippen LogP) is 4.50. The SMILES string of the molecule is COc1ccc(CNC(=O)c2cncn2-c2cccc(-c3ccc(OC)c(OC)c3)c2)c(OC)c1. The van der Waals surface area contributed by atoms with E-state index in [0.717, 1.165) is 22.4 Å². The summed E-state index contributed by atoms with van der Waals surface area (Å²) in [5.41, 5.74) is 3.99. The first-order chi connectivity index (χ1) is 17.1. The lowest BCUT2D eigenvalue weighted by Crippen LogP contribution is -2.25. The lowest BCUT2D eigenvalue weighted by molar-refractivity contribution is 0.0944. The minimum absolute atomic E-state index is 0.253. The first-order valence-electron chi connectivity index (χ1n) is 10.9. The van der Waals surface area contributed by atoms with E-state index in [1.165, 1.54) is 0 Å². The highest BCUT2D eigenvalue weighted by Gasteiger charge is 2.15. The summed E-state index contributed by atoms with van der Waals surface area (Å²) in [7, 11) is 6.39. The largest absolute Gasteiger partial charge is 0.497 e. The summed E-state index contributed by atoms with van der Waals surface area (Å²) in [6, 6.07) is 19.1. The summed E-state index contributed by atoms with van der Waals surface area (Å²) in [6.45, 7) is 0.295. The van der Waals surface area contributed by atoms with E-state index in [0.29, 0.717) is 35.2 Å². The molecule has 4 aromatic rings. The summed E-state index contributed by atoms with van der Waals surface area (Å²) < 4.78 is 23.2. The zero-order chi connectivity index (χ0) is 24.8. The van der Waals surface area contributed by atoms with Crippen LogP contribution < -0.4 is 24.3 Å². The van der Waals surface area contributed by atoms with Crippen LogP contribution in [0.4, 0.5) is 0 Å². The van der Waals surface area contributed by atoms with Gasteiger partial charge in [0.15, 0.2) is 11.5 Å². The topological polar surface area (TPSA) is 83.8 Å². The number of benzene rings is 3. The number of carbonyl (C=O) groups is 1. The number of ether oxygens (including phenoxy) is 4. The van der Waals surface area contributed by atoms with Crippen LogP contribution in [0.5, 0.6) is 23.0 Å². The highest BCUT2D eigenvalue weighted by atomic mass is 16.5. The minimum Gasteiger partial charge on any atom is -0.497 e. The Labute approximate surface area is 204 Å². The quantitative estimate of drug-likeness (QED) is 0.385. The number of rotatable bonds is 9. The summed E-state index contributed by atoms with van der Waals surface area (Å²) in [4.78, 5) is 17.2. The second-order valence-electron chi connectivity index (χ2n) is 7.63. The molecule has 0 atom stereocenters. The maximum absolute atomic E-state index is 13.0. The van der Waals surface area contributed by atoms with Crippen molar-refractivity contribution in [2.24, 2.45) is 0 Å². The standard InChI is InChI=1S/C27H27N3O5/c1-32-22-10-8-20(25(14-22)34-3)15-29-27(31)23-16-28-17-30(23)21-7-5-6-18(12-21)19-9-11-24(33-2)26(13-19)35-4/h5-14,16-17H,15H2,1-4H3,(H,29,31). The molecule has 1 amide bonds. The fourth-order valence-electron chi connectivity index (χ4n) is 3.78. The number of nitrogens with zero attached hydrogens (tertiary/aromatic N) is 2. The number of methoxy groups -OCH3 is 4. The van der Waals surface area contributed by atoms with Crippen LogP contribution in [0.3, 0.4) is 0 Å². The van der Waals surface area contributed by atoms with Gasteiger partial charge in [0.1, 0.15) is 17.2 Å². The summed E-state index contributed by atoms with van der Waals surface area (Å²) in [5, 5.41) is 2.95.